The maximum absolute atomic E-state index is 14.9. The molecule has 0 unspecified atom stereocenters. The first kappa shape index (κ1) is 70.3. The number of amides is 1. The summed E-state index contributed by atoms with van der Waals surface area (Å²) in [4.78, 5) is 88.3. The molecule has 1 amide bonds. The van der Waals surface area contributed by atoms with Crippen LogP contribution in [0.5, 0.6) is 0 Å². The molecule has 5 aliphatic rings. The molecule has 0 radical (unpaired) electrons. The molecule has 17 nitrogen and oxygen atoms in total. The number of nitrogens with zero attached hydrogens (tertiary/aromatic N) is 1. The van der Waals surface area contributed by atoms with E-state index in [0.717, 1.165) is 5.57 Å². The lowest BCUT2D eigenvalue weighted by molar-refractivity contribution is -0.283. The van der Waals surface area contributed by atoms with E-state index in [9.17, 15) is 33.9 Å². The van der Waals surface area contributed by atoms with Crippen molar-refractivity contribution in [3.05, 3.63) is 47.6 Å². The summed E-state index contributed by atoms with van der Waals surface area (Å²) in [5, 5.41) is 12.2. The Morgan fingerprint density at radius 1 is 0.783 bits per heavy atom. The van der Waals surface area contributed by atoms with Crippen molar-refractivity contribution in [3.63, 3.8) is 0 Å². The van der Waals surface area contributed by atoms with Crippen LogP contribution in [0, 0.1) is 40.9 Å². The molecule has 1 N–H and O–H groups in total. The fraction of sp³-hybridized carbons (Fsp3) is 0.781. The van der Waals surface area contributed by atoms with Crippen LogP contribution in [0.2, 0.25) is 39.3 Å². The highest BCUT2D eigenvalue weighted by Gasteiger charge is 2.54. The minimum atomic E-state index is -2.46. The summed E-state index contributed by atoms with van der Waals surface area (Å²) in [7, 11) is -1.43. The maximum Gasteiger partial charge on any atom is 0.329 e. The van der Waals surface area contributed by atoms with Crippen LogP contribution >= 0.6 is 0 Å². The van der Waals surface area contributed by atoms with Gasteiger partial charge in [0.15, 0.2) is 28.2 Å². The molecule has 0 aromatic carbocycles. The highest BCUT2D eigenvalue weighted by atomic mass is 28.4. The normalized spacial score (nSPS) is 37.0. The van der Waals surface area contributed by atoms with Crippen LogP contribution in [0.3, 0.4) is 0 Å². The Balaban J connectivity index is 1.51. The summed E-state index contributed by atoms with van der Waals surface area (Å²) in [5.74, 6) is -9.08. The number of rotatable bonds is 11. The Bertz CT molecular complexity index is 2360. The summed E-state index contributed by atoms with van der Waals surface area (Å²) < 4.78 is 56.3. The van der Waals surface area contributed by atoms with Gasteiger partial charge in [-0.25, -0.2) is 4.79 Å². The lowest BCUT2D eigenvalue weighted by Crippen LogP contribution is -2.61. The lowest BCUT2D eigenvalue weighted by Gasteiger charge is -2.43. The van der Waals surface area contributed by atoms with Crippen molar-refractivity contribution < 1.29 is 75.9 Å². The standard InChI is InChI=1S/C64H105NO16Si2/c1-40-24-20-19-21-25-41(2)52(73-11)36-48-29-27-46(7)64(72,79-48)58(68)59(69)65-31-23-22-26-49(65)60(70)77-53(37-50(66)42(3)33-45(6)56(81-83(16,17)18)57(74-12)55(67)44(5)32-40)43(4)34-47-28-30-51(54(35-47)80-82(13,14)15)78-61(71)63(10)38-75-62(8,9)76-39-63/h19-21,24-25,33,40,42-44,46-49,51-54,56-57,72H,22-23,26-32,34-39H2,1-18H3/b21-19+,24-20+,41-25+,45-33+/t40-,42-,43-,44-,46-,47+,48+,49+,51-,52+,53+,54+,56+,57+,64-/m1/s1. The van der Waals surface area contributed by atoms with E-state index in [1.807, 2.05) is 97.6 Å². The first-order valence-corrected chi connectivity index (χ1v) is 37.5. The Morgan fingerprint density at radius 3 is 2.07 bits per heavy atom. The zero-order valence-electron chi connectivity index (χ0n) is 53.7. The van der Waals surface area contributed by atoms with E-state index in [-0.39, 0.29) is 61.9 Å². The van der Waals surface area contributed by atoms with Gasteiger partial charge in [0.2, 0.25) is 5.79 Å². The number of ketones is 3. The van der Waals surface area contributed by atoms with Gasteiger partial charge in [-0.1, -0.05) is 71.1 Å². The van der Waals surface area contributed by atoms with Crippen LogP contribution in [0.1, 0.15) is 146 Å². The molecule has 5 rings (SSSR count). The van der Waals surface area contributed by atoms with Crippen LogP contribution in [0.25, 0.3) is 0 Å². The monoisotopic (exact) mass is 1200 g/mol. The van der Waals surface area contributed by atoms with Gasteiger partial charge in [0.05, 0.1) is 37.6 Å². The fourth-order valence-corrected chi connectivity index (χ4v) is 14.5. The molecule has 4 fully saturated rings. The van der Waals surface area contributed by atoms with Crippen molar-refractivity contribution in [3.8, 4) is 0 Å². The van der Waals surface area contributed by atoms with Crippen molar-refractivity contribution in [2.75, 3.05) is 34.0 Å². The average Bonchev–Trinajstić information content (AvgIpc) is 2.33. The number of hydrogen-bond acceptors (Lipinski definition) is 16. The van der Waals surface area contributed by atoms with Gasteiger partial charge in [-0.2, -0.15) is 0 Å². The quantitative estimate of drug-likeness (QED) is 0.0883. The van der Waals surface area contributed by atoms with Crippen LogP contribution in [0.15, 0.2) is 47.6 Å². The minimum absolute atomic E-state index is 0.0229. The predicted octanol–water partition coefficient (Wildman–Crippen LogP) is 10.6. The van der Waals surface area contributed by atoms with Crippen molar-refractivity contribution >= 4 is 51.8 Å². The molecule has 2 bridgehead atoms. The van der Waals surface area contributed by atoms with Gasteiger partial charge in [0.1, 0.15) is 35.6 Å². The second kappa shape index (κ2) is 29.9. The van der Waals surface area contributed by atoms with Gasteiger partial charge in [-0.15, -0.1) is 0 Å². The third-order valence-electron chi connectivity index (χ3n) is 17.3. The summed E-state index contributed by atoms with van der Waals surface area (Å²) in [6.45, 7) is 31.4. The van der Waals surface area contributed by atoms with Gasteiger partial charge >= 0.3 is 11.9 Å². The van der Waals surface area contributed by atoms with Gasteiger partial charge < -0.3 is 52.0 Å². The molecular formula is C64H105NO16Si2. The van der Waals surface area contributed by atoms with Crippen molar-refractivity contribution in [2.45, 2.75) is 246 Å². The number of methoxy groups -OCH3 is 2. The van der Waals surface area contributed by atoms with Gasteiger partial charge in [-0.3, -0.25) is 24.0 Å². The number of piperidine rings is 1. The van der Waals surface area contributed by atoms with Gasteiger partial charge in [0.25, 0.3) is 11.7 Å². The van der Waals surface area contributed by atoms with E-state index in [2.05, 4.69) is 26.6 Å². The van der Waals surface area contributed by atoms with Crippen LogP contribution in [-0.2, 0) is 70.8 Å². The zero-order valence-corrected chi connectivity index (χ0v) is 55.7. The van der Waals surface area contributed by atoms with Crippen LogP contribution in [0.4, 0.5) is 0 Å². The lowest BCUT2D eigenvalue weighted by atomic mass is 9.78. The molecule has 1 aliphatic carbocycles. The smallest absolute Gasteiger partial charge is 0.329 e. The molecule has 3 saturated heterocycles. The SMILES string of the molecule is CO[C@H]1C[C@@H]2CC[C@@H](C)[C@@](O)(O2)C(=O)C(=O)N2CCCC[C@H]2C(=O)O[C@H]([C@H](C)C[C@@H]2CC[C@@H](OC(=O)C3(C)COC(C)(C)OC3)[C@@H](O[Si](C)(C)C)C2)CC(=O)[C@H](C)/C=C(\C)[C@H](O[Si](C)(C)C)[C@@H](OC)C(=O)[C@H](C)C[C@H](C)/C=C/C=C/C=C/1C. The number of esters is 2. The first-order valence-electron chi connectivity index (χ1n) is 30.7. The number of cyclic esters (lactones) is 1. The van der Waals surface area contributed by atoms with E-state index in [1.165, 1.54) is 12.0 Å². The van der Waals surface area contributed by atoms with Crippen molar-refractivity contribution in [1.29, 1.82) is 0 Å². The summed E-state index contributed by atoms with van der Waals surface area (Å²) in [6, 6.07) is -1.17. The molecule has 1 saturated carbocycles. The summed E-state index contributed by atoms with van der Waals surface area (Å²) >= 11 is 0. The second-order valence-electron chi connectivity index (χ2n) is 27.7. The van der Waals surface area contributed by atoms with E-state index in [0.29, 0.717) is 69.8 Å². The zero-order chi connectivity index (χ0) is 62.0. The number of carbonyl (C=O) groups excluding carboxylic acids is 6. The second-order valence-corrected chi connectivity index (χ2v) is 36.6. The van der Waals surface area contributed by atoms with Crippen molar-refractivity contribution in [2.24, 2.45) is 40.9 Å². The highest BCUT2D eigenvalue weighted by Crippen LogP contribution is 2.40. The molecule has 0 aromatic heterocycles. The van der Waals surface area contributed by atoms with Crippen LogP contribution < -0.4 is 0 Å². The van der Waals surface area contributed by atoms with E-state index < -0.39 is 124 Å². The number of aliphatic hydroxyl groups is 1. The third-order valence-corrected chi connectivity index (χ3v) is 19.3. The Kier molecular flexibility index (Phi) is 25.3. The summed E-state index contributed by atoms with van der Waals surface area (Å²) in [6.07, 6.45) is 12.1. The number of ether oxygens (including phenoxy) is 7. The van der Waals surface area contributed by atoms with Gasteiger partial charge in [0, 0.05) is 51.4 Å². The average molecular weight is 1200 g/mol. The Hall–Kier alpha value is -3.51. The van der Waals surface area contributed by atoms with Gasteiger partial charge in [-0.05, 0) is 167 Å². The fourth-order valence-electron chi connectivity index (χ4n) is 12.2. The maximum atomic E-state index is 14.9. The predicted molar refractivity (Wildman–Crippen MR) is 323 cm³/mol. The molecule has 15 atom stereocenters. The number of carbonyl (C=O) groups is 6. The molecule has 0 aromatic rings. The van der Waals surface area contributed by atoms with E-state index in [4.69, 9.17) is 42.0 Å². The third kappa shape index (κ3) is 19.8. The topological polar surface area (TPSA) is 209 Å². The van der Waals surface area contributed by atoms with Crippen molar-refractivity contribution in [1.82, 2.24) is 4.90 Å². The molecule has 4 heterocycles. The number of allylic oxidation sites excluding steroid dienone is 6. The summed E-state index contributed by atoms with van der Waals surface area (Å²) in [5.41, 5.74) is 0.556. The number of Topliss-reactive ketones (excluding diaryl/α,β-unsaturated/α-hetero) is 3. The van der Waals surface area contributed by atoms with Crippen LogP contribution in [-0.4, -0.2) is 156 Å². The van der Waals surface area contributed by atoms with E-state index in [1.54, 1.807) is 27.9 Å². The molecule has 83 heavy (non-hydrogen) atoms. The number of hydrogen-bond donors (Lipinski definition) is 1. The molecule has 470 valence electrons. The molecular weight excluding hydrogens is 1090 g/mol. The largest absolute Gasteiger partial charge is 0.460 e. The van der Waals surface area contributed by atoms with E-state index >= 15 is 0 Å². The minimum Gasteiger partial charge on any atom is -0.460 e. The first-order chi connectivity index (χ1) is 38.6. The molecule has 0 spiro atoms. The molecule has 4 aliphatic heterocycles. The molecule has 19 heteroatoms. The highest BCUT2D eigenvalue weighted by molar-refractivity contribution is 6.70. The number of fused-ring (bicyclic) bond motifs is 3. The Labute approximate surface area is 498 Å². The Morgan fingerprint density at radius 2 is 1.45 bits per heavy atom.